The quantitative estimate of drug-likeness (QED) is 0.255. The largest absolute Gasteiger partial charge is 0.412 e. The molecule has 1 spiro atoms. The van der Waals surface area contributed by atoms with Crippen LogP contribution in [0, 0.1) is 10.8 Å². The summed E-state index contributed by atoms with van der Waals surface area (Å²) in [4.78, 5) is 0. The van der Waals surface area contributed by atoms with E-state index < -0.39 is 59.7 Å². The molecule has 0 unspecified atom stereocenters. The van der Waals surface area contributed by atoms with Gasteiger partial charge < -0.3 is 40.5 Å². The van der Waals surface area contributed by atoms with Crippen LogP contribution in [0.1, 0.15) is 13.8 Å². The van der Waals surface area contributed by atoms with Gasteiger partial charge in [-0.2, -0.15) is 0 Å². The maximum Gasteiger partial charge on any atom is 0.129 e. The second-order valence-corrected chi connectivity index (χ2v) is 7.29. The summed E-state index contributed by atoms with van der Waals surface area (Å²) in [6.07, 6.45) is -4.67. The molecule has 7 N–H and O–H groups in total. The van der Waals surface area contributed by atoms with Crippen LogP contribution in [0.3, 0.4) is 0 Å². The van der Waals surface area contributed by atoms with Crippen molar-refractivity contribution in [3.8, 4) is 0 Å². The Bertz CT molecular complexity index is 546. The molecule has 3 fully saturated rings. The first-order chi connectivity index (χ1) is 10.3. The van der Waals surface area contributed by atoms with Crippen LogP contribution in [-0.2, 0) is 9.47 Å². The van der Waals surface area contributed by atoms with Crippen molar-refractivity contribution in [2.75, 3.05) is 13.2 Å². The minimum atomic E-state index is -1.35. The molecule has 2 heterocycles. The Kier molecular flexibility index (Phi) is 3.55. The molecule has 4 aliphatic rings. The maximum atomic E-state index is 10.8. The van der Waals surface area contributed by atoms with Crippen LogP contribution in [0.2, 0.25) is 0 Å². The van der Waals surface area contributed by atoms with Gasteiger partial charge in [-0.3, -0.25) is 0 Å². The fourth-order valence-electron chi connectivity index (χ4n) is 5.18. The standard InChI is InChI=1S/C15H22O7.H2O/c1-6-3-7-14(4-16,11(20)8(6)17)13(2)10(19)9(18)12(22-7)15(13)5-21-15;/h3,7-12,16-20H,4-5H2,1-2H3;1H2/t7-,8-,9-,10-,11-,12-,13-,14-,15+;/m1./s1. The van der Waals surface area contributed by atoms with Gasteiger partial charge in [0.15, 0.2) is 0 Å². The van der Waals surface area contributed by atoms with Crippen molar-refractivity contribution in [3.63, 3.8) is 0 Å². The second kappa shape index (κ2) is 4.74. The molecule has 2 bridgehead atoms. The van der Waals surface area contributed by atoms with Crippen molar-refractivity contribution >= 4 is 0 Å². The lowest BCUT2D eigenvalue weighted by atomic mass is 9.50. The molecular weight excluding hydrogens is 308 g/mol. The van der Waals surface area contributed by atoms with Crippen molar-refractivity contribution in [3.05, 3.63) is 11.6 Å². The van der Waals surface area contributed by atoms with Crippen LogP contribution >= 0.6 is 0 Å². The smallest absolute Gasteiger partial charge is 0.129 e. The minimum Gasteiger partial charge on any atom is -0.412 e. The Labute approximate surface area is 133 Å². The predicted octanol–water partition coefficient (Wildman–Crippen LogP) is -2.90. The summed E-state index contributed by atoms with van der Waals surface area (Å²) in [6.45, 7) is 3.15. The molecule has 132 valence electrons. The van der Waals surface area contributed by atoms with Crippen LogP contribution in [-0.4, -0.2) is 86.4 Å². The molecule has 9 atom stereocenters. The first-order valence-electron chi connectivity index (χ1n) is 7.59. The average Bonchev–Trinajstić information content (AvgIpc) is 3.27. The highest BCUT2D eigenvalue weighted by Gasteiger charge is 2.86. The molecule has 0 aromatic carbocycles. The number of fused-ring (bicyclic) bond motifs is 2. The third-order valence-corrected chi connectivity index (χ3v) is 6.76. The maximum absolute atomic E-state index is 10.8. The zero-order chi connectivity index (χ0) is 16.1. The predicted molar refractivity (Wildman–Crippen MR) is 76.4 cm³/mol. The highest BCUT2D eigenvalue weighted by molar-refractivity contribution is 5.37. The zero-order valence-electron chi connectivity index (χ0n) is 13.0. The number of aliphatic hydroxyl groups excluding tert-OH is 5. The SMILES string of the molecule is CC1=C[C@H]2O[C@@H]3[C@H](O)[C@@H](O)[C@](C)([C@@]2(CO)[C@H](O)[C@@H]1O)[C@]31CO1.O. The molecule has 8 heteroatoms. The first kappa shape index (κ1) is 17.2. The molecule has 23 heavy (non-hydrogen) atoms. The average molecular weight is 332 g/mol. The number of hydrogen-bond acceptors (Lipinski definition) is 7. The van der Waals surface area contributed by atoms with Gasteiger partial charge in [-0.05, 0) is 12.5 Å². The summed E-state index contributed by atoms with van der Waals surface area (Å²) >= 11 is 0. The van der Waals surface area contributed by atoms with Gasteiger partial charge in [-0.15, -0.1) is 0 Å². The van der Waals surface area contributed by atoms with Crippen molar-refractivity contribution in [2.24, 2.45) is 10.8 Å². The van der Waals surface area contributed by atoms with Gasteiger partial charge in [0.2, 0.25) is 0 Å². The lowest BCUT2D eigenvalue weighted by molar-refractivity contribution is -0.271. The number of hydrogen-bond donors (Lipinski definition) is 5. The van der Waals surface area contributed by atoms with Crippen molar-refractivity contribution in [1.29, 1.82) is 0 Å². The molecule has 8 nitrogen and oxygen atoms in total. The van der Waals surface area contributed by atoms with E-state index >= 15 is 0 Å². The van der Waals surface area contributed by atoms with E-state index in [1.54, 1.807) is 19.9 Å². The number of rotatable bonds is 1. The third kappa shape index (κ3) is 1.50. The fourth-order valence-corrected chi connectivity index (χ4v) is 5.18. The Hall–Kier alpha value is -0.580. The number of epoxide rings is 1. The van der Waals surface area contributed by atoms with E-state index in [9.17, 15) is 25.5 Å². The van der Waals surface area contributed by atoms with Crippen LogP contribution in [0.5, 0.6) is 0 Å². The molecule has 2 aliphatic carbocycles. The summed E-state index contributed by atoms with van der Waals surface area (Å²) in [5.41, 5.74) is -2.89. The highest BCUT2D eigenvalue weighted by atomic mass is 16.6. The number of aliphatic hydroxyl groups is 5. The summed E-state index contributed by atoms with van der Waals surface area (Å²) in [5, 5.41) is 52.3. The minimum absolute atomic E-state index is 0. The van der Waals surface area contributed by atoms with E-state index in [1.807, 2.05) is 0 Å². The van der Waals surface area contributed by atoms with Gasteiger partial charge in [-0.1, -0.05) is 13.0 Å². The monoisotopic (exact) mass is 332 g/mol. The molecule has 4 rings (SSSR count). The van der Waals surface area contributed by atoms with Gasteiger partial charge in [0.05, 0.1) is 36.9 Å². The van der Waals surface area contributed by atoms with E-state index in [4.69, 9.17) is 9.47 Å². The lowest BCUT2D eigenvalue weighted by Gasteiger charge is -2.60. The molecule has 2 aliphatic heterocycles. The van der Waals surface area contributed by atoms with Gasteiger partial charge in [0.1, 0.15) is 23.9 Å². The normalized spacial score (nSPS) is 60.0. The van der Waals surface area contributed by atoms with Gasteiger partial charge in [0.25, 0.3) is 0 Å². The van der Waals surface area contributed by atoms with Crippen LogP contribution in [0.15, 0.2) is 11.6 Å². The summed E-state index contributed by atoms with van der Waals surface area (Å²) < 4.78 is 11.5. The summed E-state index contributed by atoms with van der Waals surface area (Å²) in [5.74, 6) is 0. The molecule has 0 radical (unpaired) electrons. The van der Waals surface area contributed by atoms with Gasteiger partial charge >= 0.3 is 0 Å². The Morgan fingerprint density at radius 1 is 1.22 bits per heavy atom. The van der Waals surface area contributed by atoms with E-state index in [1.165, 1.54) is 0 Å². The van der Waals surface area contributed by atoms with Crippen LogP contribution in [0.25, 0.3) is 0 Å². The topological polar surface area (TPSA) is 154 Å². The van der Waals surface area contributed by atoms with E-state index in [0.717, 1.165) is 0 Å². The summed E-state index contributed by atoms with van der Waals surface area (Å²) in [7, 11) is 0. The Morgan fingerprint density at radius 3 is 2.35 bits per heavy atom. The molecule has 1 saturated carbocycles. The molecule has 0 amide bonds. The Balaban J connectivity index is 0.00000156. The molecule has 0 aromatic heterocycles. The number of ether oxygens (including phenoxy) is 2. The second-order valence-electron chi connectivity index (χ2n) is 7.29. The van der Waals surface area contributed by atoms with E-state index in [-0.39, 0.29) is 12.1 Å². The fraction of sp³-hybridized carbons (Fsp3) is 0.867. The lowest BCUT2D eigenvalue weighted by Crippen LogP contribution is -2.72. The Morgan fingerprint density at radius 2 is 1.83 bits per heavy atom. The van der Waals surface area contributed by atoms with Crippen molar-refractivity contribution < 1.29 is 40.5 Å². The molecular formula is C15H24O8. The molecule has 2 saturated heterocycles. The first-order valence-corrected chi connectivity index (χ1v) is 7.59. The van der Waals surface area contributed by atoms with Gasteiger partial charge in [0, 0.05) is 5.41 Å². The summed E-state index contributed by atoms with van der Waals surface area (Å²) in [6, 6.07) is 0. The van der Waals surface area contributed by atoms with Crippen LogP contribution < -0.4 is 0 Å². The van der Waals surface area contributed by atoms with Crippen LogP contribution in [0.4, 0.5) is 0 Å². The zero-order valence-corrected chi connectivity index (χ0v) is 13.0. The van der Waals surface area contributed by atoms with Crippen molar-refractivity contribution in [2.45, 2.75) is 56.1 Å². The van der Waals surface area contributed by atoms with Crippen molar-refractivity contribution in [1.82, 2.24) is 0 Å². The molecule has 0 aromatic rings. The van der Waals surface area contributed by atoms with Gasteiger partial charge in [-0.25, -0.2) is 0 Å². The highest BCUT2D eigenvalue weighted by Crippen LogP contribution is 2.71. The van der Waals surface area contributed by atoms with E-state index in [2.05, 4.69) is 0 Å². The van der Waals surface area contributed by atoms with E-state index in [0.29, 0.717) is 5.57 Å². The third-order valence-electron chi connectivity index (χ3n) is 6.76.